The van der Waals surface area contributed by atoms with E-state index in [2.05, 4.69) is 15.4 Å². The number of rotatable bonds is 9. The number of aromatic nitrogens is 1. The highest BCUT2D eigenvalue weighted by Crippen LogP contribution is 2.40. The highest BCUT2D eigenvalue weighted by molar-refractivity contribution is 5.99. The number of hydrogen-bond acceptors (Lipinski definition) is 6. The molecule has 45 heavy (non-hydrogen) atoms. The van der Waals surface area contributed by atoms with E-state index in [0.717, 1.165) is 0 Å². The topological polar surface area (TPSA) is 133 Å². The van der Waals surface area contributed by atoms with Crippen LogP contribution in [-0.2, 0) is 4.79 Å². The summed E-state index contributed by atoms with van der Waals surface area (Å²) in [4.78, 5) is 36.2. The minimum atomic E-state index is -5.08. The average Bonchev–Trinajstić information content (AvgIpc) is 3.35. The fourth-order valence-corrected chi connectivity index (χ4v) is 4.50. The summed E-state index contributed by atoms with van der Waals surface area (Å²) < 4.78 is 76.3. The van der Waals surface area contributed by atoms with Crippen LogP contribution in [0.3, 0.4) is 0 Å². The Bertz CT molecular complexity index is 1500. The molecular weight excluding hydrogens is 614 g/mol. The molecule has 1 aliphatic rings. The largest absolute Gasteiger partial charge is 0.573 e. The molecule has 2 aromatic carbocycles. The Morgan fingerprint density at radius 3 is 2.24 bits per heavy atom. The summed E-state index contributed by atoms with van der Waals surface area (Å²) >= 11 is 0. The van der Waals surface area contributed by atoms with Crippen molar-refractivity contribution in [2.75, 3.05) is 40.3 Å². The van der Waals surface area contributed by atoms with Gasteiger partial charge in [0.15, 0.2) is 0 Å². The summed E-state index contributed by atoms with van der Waals surface area (Å²) in [6.07, 6.45) is -9.57. The van der Waals surface area contributed by atoms with Crippen molar-refractivity contribution in [1.82, 2.24) is 20.1 Å². The number of carbonyl (C=O) groups is 3. The number of hydrogen-bond donors (Lipinski definition) is 4. The lowest BCUT2D eigenvalue weighted by Crippen LogP contribution is -2.39. The first kappa shape index (κ1) is 34.9. The van der Waals surface area contributed by atoms with Gasteiger partial charge in [0.05, 0.1) is 11.7 Å². The van der Waals surface area contributed by atoms with Crippen molar-refractivity contribution in [3.63, 3.8) is 0 Å². The predicted octanol–water partition coefficient (Wildman–Crippen LogP) is 4.31. The Hall–Kier alpha value is -4.57. The zero-order valence-electron chi connectivity index (χ0n) is 24.0. The number of halogens is 6. The molecule has 4 N–H and O–H groups in total. The van der Waals surface area contributed by atoms with Crippen LogP contribution >= 0.6 is 0 Å². The van der Waals surface area contributed by atoms with Gasteiger partial charge < -0.3 is 35.1 Å². The van der Waals surface area contributed by atoms with Crippen LogP contribution in [0.1, 0.15) is 33.3 Å². The van der Waals surface area contributed by atoms with Gasteiger partial charge in [0, 0.05) is 37.4 Å². The Labute approximate surface area is 253 Å². The maximum atomic E-state index is 12.9. The second kappa shape index (κ2) is 14.5. The number of carboxylic acid groups (broad SMARTS) is 1. The molecule has 244 valence electrons. The van der Waals surface area contributed by atoms with Gasteiger partial charge >= 0.3 is 18.5 Å². The molecule has 1 unspecified atom stereocenters. The van der Waals surface area contributed by atoms with Crippen LogP contribution in [0.5, 0.6) is 5.75 Å². The number of likely N-dealkylation sites (N-methyl/N-ethyl adjacent to an activating group) is 1. The number of fused-ring (bicyclic) bond motifs is 1. The summed E-state index contributed by atoms with van der Waals surface area (Å²) in [6, 6.07) is 13.7. The Balaban J connectivity index is 0.000000707. The molecule has 0 fully saturated rings. The van der Waals surface area contributed by atoms with E-state index in [0.29, 0.717) is 53.2 Å². The zero-order valence-corrected chi connectivity index (χ0v) is 24.0. The van der Waals surface area contributed by atoms with Gasteiger partial charge in [-0.25, -0.2) is 4.79 Å². The molecule has 1 aliphatic heterocycles. The number of alkyl halides is 6. The molecule has 2 heterocycles. The maximum absolute atomic E-state index is 12.9. The van der Waals surface area contributed by atoms with E-state index in [1.807, 2.05) is 23.6 Å². The Kier molecular flexibility index (Phi) is 11.2. The normalized spacial score (nSPS) is 14.6. The Morgan fingerprint density at radius 2 is 1.69 bits per heavy atom. The van der Waals surface area contributed by atoms with Crippen molar-refractivity contribution in [3.8, 4) is 28.1 Å². The van der Waals surface area contributed by atoms with E-state index in [9.17, 15) is 41.0 Å². The molecular formula is C29H30F6N4O6. The molecule has 0 saturated carbocycles. The van der Waals surface area contributed by atoms with Gasteiger partial charge in [-0.3, -0.25) is 9.59 Å². The molecule has 0 saturated heterocycles. The third-order valence-corrected chi connectivity index (χ3v) is 6.48. The lowest BCUT2D eigenvalue weighted by molar-refractivity contribution is -0.274. The SMILES string of the molecule is CN(C)CCNC(=O)c1ccc(-c2c(-c3cccc(OC(F)(F)F)c3)cc3n2C(CCO)CNC3=O)cc1.O=C(O)C(F)(F)F. The number of carbonyl (C=O) groups excluding carboxylic acids is 2. The van der Waals surface area contributed by atoms with Crippen LogP contribution in [0, 0.1) is 0 Å². The van der Waals surface area contributed by atoms with Gasteiger partial charge in [-0.1, -0.05) is 24.3 Å². The van der Waals surface area contributed by atoms with Gasteiger partial charge in [0.25, 0.3) is 11.8 Å². The monoisotopic (exact) mass is 644 g/mol. The highest BCUT2D eigenvalue weighted by atomic mass is 19.4. The van der Waals surface area contributed by atoms with Gasteiger partial charge in [0.1, 0.15) is 11.4 Å². The van der Waals surface area contributed by atoms with Gasteiger partial charge in [-0.2, -0.15) is 13.2 Å². The molecule has 16 heteroatoms. The van der Waals surface area contributed by atoms with Crippen LogP contribution < -0.4 is 15.4 Å². The summed E-state index contributed by atoms with van der Waals surface area (Å²) in [7, 11) is 3.82. The molecule has 10 nitrogen and oxygen atoms in total. The average molecular weight is 645 g/mol. The first-order chi connectivity index (χ1) is 21.0. The maximum Gasteiger partial charge on any atom is 0.573 e. The summed E-state index contributed by atoms with van der Waals surface area (Å²) in [5.74, 6) is -3.70. The number of aliphatic hydroxyl groups is 1. The first-order valence-electron chi connectivity index (χ1n) is 13.4. The lowest BCUT2D eigenvalue weighted by Gasteiger charge is -2.28. The van der Waals surface area contributed by atoms with Crippen molar-refractivity contribution in [2.45, 2.75) is 25.0 Å². The fourth-order valence-electron chi connectivity index (χ4n) is 4.50. The van der Waals surface area contributed by atoms with E-state index in [1.54, 1.807) is 36.4 Å². The number of benzene rings is 2. The number of aliphatic hydroxyl groups excluding tert-OH is 1. The summed E-state index contributed by atoms with van der Waals surface area (Å²) in [5, 5.41) is 22.4. The number of carboxylic acids is 1. The smallest absolute Gasteiger partial charge is 0.475 e. The van der Waals surface area contributed by atoms with E-state index >= 15 is 0 Å². The summed E-state index contributed by atoms with van der Waals surface area (Å²) in [5.41, 5.74) is 2.98. The third kappa shape index (κ3) is 9.46. The van der Waals surface area contributed by atoms with Crippen molar-refractivity contribution in [3.05, 3.63) is 65.9 Å². The van der Waals surface area contributed by atoms with Crippen LogP contribution in [0.2, 0.25) is 0 Å². The van der Waals surface area contributed by atoms with Crippen LogP contribution in [0.25, 0.3) is 22.4 Å². The molecule has 4 rings (SSSR count). The van der Waals surface area contributed by atoms with Crippen molar-refractivity contribution < 1.29 is 55.7 Å². The first-order valence-corrected chi connectivity index (χ1v) is 13.4. The zero-order chi connectivity index (χ0) is 33.5. The van der Waals surface area contributed by atoms with Gasteiger partial charge in [0.2, 0.25) is 0 Å². The lowest BCUT2D eigenvalue weighted by atomic mass is 9.99. The standard InChI is InChI=1S/C27H29F3N4O4.C2HF3O2/c1-33(2)12-11-31-25(36)18-8-6-17(7-9-18)24-22(19-4-3-5-21(14-19)38-27(28,29)30)15-23-26(37)32-16-20(10-13-35)34(23)24;3-2(4,5)1(6)7/h3-9,14-15,20,35H,10-13,16H2,1-2H3,(H,31,36)(H,32,37);(H,6,7). The second-order valence-electron chi connectivity index (χ2n) is 10.1. The highest BCUT2D eigenvalue weighted by Gasteiger charge is 2.38. The molecule has 0 aliphatic carbocycles. The van der Waals surface area contributed by atoms with Crippen molar-refractivity contribution in [1.29, 1.82) is 0 Å². The molecule has 0 spiro atoms. The van der Waals surface area contributed by atoms with Crippen molar-refractivity contribution in [2.24, 2.45) is 0 Å². The number of nitrogens with one attached hydrogen (secondary N) is 2. The van der Waals surface area contributed by atoms with Gasteiger partial charge in [-0.15, -0.1) is 13.2 Å². The quantitative estimate of drug-likeness (QED) is 0.255. The molecule has 2 amide bonds. The van der Waals surface area contributed by atoms with E-state index in [4.69, 9.17) is 9.90 Å². The number of nitrogens with zero attached hydrogens (tertiary/aromatic N) is 2. The summed E-state index contributed by atoms with van der Waals surface area (Å²) in [6.45, 7) is 1.35. The molecule has 1 aromatic heterocycles. The number of amides is 2. The van der Waals surface area contributed by atoms with E-state index < -0.39 is 18.5 Å². The van der Waals surface area contributed by atoms with E-state index in [1.165, 1.54) is 18.2 Å². The predicted molar refractivity (Wildman–Crippen MR) is 150 cm³/mol. The molecule has 3 aromatic rings. The molecule has 0 radical (unpaired) electrons. The fraction of sp³-hybridized carbons (Fsp3) is 0.345. The van der Waals surface area contributed by atoms with Crippen LogP contribution in [-0.4, -0.2) is 90.3 Å². The third-order valence-electron chi connectivity index (χ3n) is 6.48. The second-order valence-corrected chi connectivity index (χ2v) is 10.1. The number of aliphatic carboxylic acids is 1. The minimum absolute atomic E-state index is 0.117. The van der Waals surface area contributed by atoms with Crippen molar-refractivity contribution >= 4 is 17.8 Å². The van der Waals surface area contributed by atoms with E-state index in [-0.39, 0.29) is 36.8 Å². The molecule has 1 atom stereocenters. The minimum Gasteiger partial charge on any atom is -0.475 e. The molecule has 0 bridgehead atoms. The van der Waals surface area contributed by atoms with Crippen LogP contribution in [0.15, 0.2) is 54.6 Å². The Morgan fingerprint density at radius 1 is 1.04 bits per heavy atom. The van der Waals surface area contributed by atoms with Gasteiger partial charge in [-0.05, 0) is 62.0 Å². The van der Waals surface area contributed by atoms with Crippen LogP contribution in [0.4, 0.5) is 26.3 Å². The number of ether oxygens (including phenoxy) is 1.